The smallest absolute Gasteiger partial charge is 0.330 e. The molecular weight excluding hydrogens is 334 g/mol. The first kappa shape index (κ1) is 17.7. The Kier molecular flexibility index (Phi) is 5.36. The molecule has 26 heavy (non-hydrogen) atoms. The van der Waals surface area contributed by atoms with E-state index >= 15 is 0 Å². The highest BCUT2D eigenvalue weighted by Crippen LogP contribution is 2.18. The number of hydrogen-bond acceptors (Lipinski definition) is 5. The molecule has 0 unspecified atom stereocenters. The topological polar surface area (TPSA) is 86.4 Å². The average Bonchev–Trinajstić information content (AvgIpc) is 3.28. The first-order valence-corrected chi connectivity index (χ1v) is 8.44. The van der Waals surface area contributed by atoms with Crippen LogP contribution in [0.2, 0.25) is 0 Å². The molecule has 136 valence electrons. The number of carbonyl (C=O) groups is 2. The van der Waals surface area contributed by atoms with Gasteiger partial charge in [-0.3, -0.25) is 4.79 Å². The number of amides is 1. The normalized spacial score (nSPS) is 12.3. The predicted octanol–water partition coefficient (Wildman–Crippen LogP) is 2.63. The number of ether oxygens (including phenoxy) is 1. The van der Waals surface area contributed by atoms with Crippen LogP contribution >= 0.6 is 0 Å². The monoisotopic (exact) mass is 355 g/mol. The number of fused-ring (bicyclic) bond motifs is 1. The maximum Gasteiger partial charge on any atom is 0.330 e. The number of rotatable bonds is 7. The summed E-state index contributed by atoms with van der Waals surface area (Å²) < 4.78 is 12.6. The second-order valence-corrected chi connectivity index (χ2v) is 6.46. The lowest BCUT2D eigenvalue weighted by atomic mass is 10.2. The molecule has 0 aliphatic rings. The largest absolute Gasteiger partial charge is 0.464 e. The Morgan fingerprint density at radius 1 is 1.31 bits per heavy atom. The standard InChI is InChI=1S/C19H21N3O4/c1-13(2)11-25-19(24)15(10-22-8-7-20-12-22)21-18(23)17-9-14-5-3-4-6-16(14)26-17/h3-9,12-13,15H,10-11H2,1-2H3,(H,21,23)/t15-/m0/s1. The highest BCUT2D eigenvalue weighted by molar-refractivity contribution is 5.98. The molecule has 0 aliphatic heterocycles. The summed E-state index contributed by atoms with van der Waals surface area (Å²) in [5, 5.41) is 3.53. The average molecular weight is 355 g/mol. The van der Waals surface area contributed by atoms with Gasteiger partial charge in [0.25, 0.3) is 5.91 Å². The van der Waals surface area contributed by atoms with Crippen molar-refractivity contribution in [3.63, 3.8) is 0 Å². The van der Waals surface area contributed by atoms with E-state index in [1.54, 1.807) is 35.4 Å². The molecule has 0 fully saturated rings. The van der Waals surface area contributed by atoms with Gasteiger partial charge in [0.2, 0.25) is 0 Å². The van der Waals surface area contributed by atoms with Crippen LogP contribution in [0.4, 0.5) is 0 Å². The quantitative estimate of drug-likeness (QED) is 0.659. The number of para-hydroxylation sites is 1. The van der Waals surface area contributed by atoms with E-state index in [4.69, 9.17) is 9.15 Å². The molecule has 2 heterocycles. The van der Waals surface area contributed by atoms with Crippen LogP contribution in [0, 0.1) is 5.92 Å². The summed E-state index contributed by atoms with van der Waals surface area (Å²) in [6.07, 6.45) is 4.91. The second kappa shape index (κ2) is 7.86. The van der Waals surface area contributed by atoms with E-state index in [-0.39, 0.29) is 18.2 Å². The highest BCUT2D eigenvalue weighted by atomic mass is 16.5. The van der Waals surface area contributed by atoms with Crippen molar-refractivity contribution in [2.24, 2.45) is 5.92 Å². The Hall–Kier alpha value is -3.09. The zero-order valence-corrected chi connectivity index (χ0v) is 14.7. The van der Waals surface area contributed by atoms with E-state index in [9.17, 15) is 9.59 Å². The van der Waals surface area contributed by atoms with Crippen LogP contribution in [0.5, 0.6) is 0 Å². The van der Waals surface area contributed by atoms with Gasteiger partial charge in [0, 0.05) is 17.8 Å². The number of furan rings is 1. The molecule has 0 spiro atoms. The van der Waals surface area contributed by atoms with E-state index in [0.717, 1.165) is 5.39 Å². The SMILES string of the molecule is CC(C)COC(=O)[C@H](Cn1ccnc1)NC(=O)c1cc2ccccc2o1. The van der Waals surface area contributed by atoms with Crippen LogP contribution in [0.1, 0.15) is 24.4 Å². The van der Waals surface area contributed by atoms with E-state index < -0.39 is 17.9 Å². The van der Waals surface area contributed by atoms with Crippen molar-refractivity contribution in [1.29, 1.82) is 0 Å². The molecule has 2 aromatic heterocycles. The molecular formula is C19H21N3O4. The number of hydrogen-bond donors (Lipinski definition) is 1. The van der Waals surface area contributed by atoms with Gasteiger partial charge in [0.1, 0.15) is 11.6 Å². The van der Waals surface area contributed by atoms with Crippen molar-refractivity contribution < 1.29 is 18.7 Å². The summed E-state index contributed by atoms with van der Waals surface area (Å²) in [7, 11) is 0. The minimum Gasteiger partial charge on any atom is -0.464 e. The lowest BCUT2D eigenvalue weighted by Crippen LogP contribution is -2.44. The first-order valence-electron chi connectivity index (χ1n) is 8.44. The van der Waals surface area contributed by atoms with Crippen LogP contribution < -0.4 is 5.32 Å². The number of esters is 1. The molecule has 1 aromatic carbocycles. The number of nitrogens with one attached hydrogen (secondary N) is 1. The van der Waals surface area contributed by atoms with Crippen LogP contribution in [0.15, 0.2) is 53.5 Å². The summed E-state index contributed by atoms with van der Waals surface area (Å²) in [5.41, 5.74) is 0.617. The Morgan fingerprint density at radius 2 is 2.12 bits per heavy atom. The van der Waals surface area contributed by atoms with Gasteiger partial charge in [-0.1, -0.05) is 32.0 Å². The molecule has 3 aromatic rings. The van der Waals surface area contributed by atoms with Gasteiger partial charge in [0.05, 0.1) is 19.5 Å². The van der Waals surface area contributed by atoms with Gasteiger partial charge in [-0.05, 0) is 18.1 Å². The number of carbonyl (C=O) groups excluding carboxylic acids is 2. The third-order valence-corrected chi connectivity index (χ3v) is 3.75. The summed E-state index contributed by atoms with van der Waals surface area (Å²) in [5.74, 6) is -0.595. The molecule has 0 saturated heterocycles. The van der Waals surface area contributed by atoms with Gasteiger partial charge >= 0.3 is 5.97 Å². The number of benzene rings is 1. The van der Waals surface area contributed by atoms with Crippen LogP contribution in [0.3, 0.4) is 0 Å². The summed E-state index contributed by atoms with van der Waals surface area (Å²) in [6.45, 7) is 4.42. The van der Waals surface area contributed by atoms with Crippen LogP contribution in [-0.2, 0) is 16.1 Å². The summed E-state index contributed by atoms with van der Waals surface area (Å²) >= 11 is 0. The summed E-state index contributed by atoms with van der Waals surface area (Å²) in [4.78, 5) is 28.9. The van der Waals surface area contributed by atoms with Crippen LogP contribution in [-0.4, -0.2) is 34.1 Å². The number of nitrogens with zero attached hydrogens (tertiary/aromatic N) is 2. The lowest BCUT2D eigenvalue weighted by Gasteiger charge is -2.18. The third-order valence-electron chi connectivity index (χ3n) is 3.75. The van der Waals surface area contributed by atoms with Crippen LogP contribution in [0.25, 0.3) is 11.0 Å². The molecule has 7 heteroatoms. The zero-order valence-electron chi connectivity index (χ0n) is 14.7. The molecule has 1 atom stereocenters. The molecule has 0 bridgehead atoms. The molecule has 7 nitrogen and oxygen atoms in total. The van der Waals surface area contributed by atoms with E-state index in [2.05, 4.69) is 10.3 Å². The predicted molar refractivity (Wildman–Crippen MR) is 95.5 cm³/mol. The molecule has 0 radical (unpaired) electrons. The van der Waals surface area contributed by atoms with Crippen molar-refractivity contribution in [2.75, 3.05) is 6.61 Å². The van der Waals surface area contributed by atoms with Gasteiger partial charge < -0.3 is 19.0 Å². The molecule has 1 amide bonds. The maximum atomic E-state index is 12.6. The van der Waals surface area contributed by atoms with Gasteiger partial charge in [-0.15, -0.1) is 0 Å². The van der Waals surface area contributed by atoms with Crippen molar-refractivity contribution in [1.82, 2.24) is 14.9 Å². The summed E-state index contributed by atoms with van der Waals surface area (Å²) in [6, 6.07) is 8.15. The van der Waals surface area contributed by atoms with E-state index in [1.807, 2.05) is 32.0 Å². The Balaban J connectivity index is 1.74. The van der Waals surface area contributed by atoms with E-state index in [1.165, 1.54) is 0 Å². The number of aromatic nitrogens is 2. The fraction of sp³-hybridized carbons (Fsp3) is 0.316. The fourth-order valence-electron chi connectivity index (χ4n) is 2.46. The minimum absolute atomic E-state index is 0.151. The lowest BCUT2D eigenvalue weighted by molar-refractivity contribution is -0.147. The van der Waals surface area contributed by atoms with Gasteiger partial charge in [-0.25, -0.2) is 9.78 Å². The van der Waals surface area contributed by atoms with Crippen molar-refractivity contribution >= 4 is 22.8 Å². The minimum atomic E-state index is -0.844. The first-order chi connectivity index (χ1) is 12.5. The van der Waals surface area contributed by atoms with E-state index in [0.29, 0.717) is 12.2 Å². The Bertz CT molecular complexity index is 850. The Morgan fingerprint density at radius 3 is 2.81 bits per heavy atom. The molecule has 3 rings (SSSR count). The third kappa shape index (κ3) is 4.30. The van der Waals surface area contributed by atoms with Gasteiger partial charge in [0.15, 0.2) is 5.76 Å². The second-order valence-electron chi connectivity index (χ2n) is 6.46. The van der Waals surface area contributed by atoms with Gasteiger partial charge in [-0.2, -0.15) is 0 Å². The molecule has 0 saturated carbocycles. The zero-order chi connectivity index (χ0) is 18.5. The molecule has 0 aliphatic carbocycles. The van der Waals surface area contributed by atoms with Crippen molar-refractivity contribution in [3.8, 4) is 0 Å². The fourth-order valence-corrected chi connectivity index (χ4v) is 2.46. The maximum absolute atomic E-state index is 12.6. The molecule has 1 N–H and O–H groups in total. The number of imidazole rings is 1. The van der Waals surface area contributed by atoms with Crippen molar-refractivity contribution in [2.45, 2.75) is 26.4 Å². The van der Waals surface area contributed by atoms with Crippen molar-refractivity contribution in [3.05, 3.63) is 54.8 Å². The Labute approximate surface area is 151 Å². The highest BCUT2D eigenvalue weighted by Gasteiger charge is 2.25.